The first-order valence-electron chi connectivity index (χ1n) is 3.34. The third kappa shape index (κ3) is 2.45. The Morgan fingerprint density at radius 1 is 1.73 bits per heavy atom. The van der Waals surface area contributed by atoms with E-state index in [2.05, 4.69) is 0 Å². The van der Waals surface area contributed by atoms with Gasteiger partial charge < -0.3 is 10.8 Å². The number of thiophene rings is 1. The van der Waals surface area contributed by atoms with E-state index in [1.165, 1.54) is 11.3 Å². The fourth-order valence-electron chi connectivity index (χ4n) is 0.804. The van der Waals surface area contributed by atoms with Crippen LogP contribution in [0.4, 0.5) is 0 Å². The van der Waals surface area contributed by atoms with Crippen molar-refractivity contribution >= 4 is 22.9 Å². The molecule has 11 heavy (non-hydrogen) atoms. The second-order valence-corrected chi connectivity index (χ2v) is 3.67. The van der Waals surface area contributed by atoms with Crippen molar-refractivity contribution in [3.8, 4) is 0 Å². The van der Waals surface area contributed by atoms with Crippen LogP contribution in [0.1, 0.15) is 17.3 Å². The van der Waals surface area contributed by atoms with Gasteiger partial charge in [0.05, 0.1) is 5.02 Å². The number of aliphatic hydroxyl groups excluding tert-OH is 1. The molecule has 1 aromatic heterocycles. The monoisotopic (exact) mass is 191 g/mol. The molecule has 1 unspecified atom stereocenters. The van der Waals surface area contributed by atoms with Crippen molar-refractivity contribution in [2.45, 2.75) is 12.5 Å². The summed E-state index contributed by atoms with van der Waals surface area (Å²) in [5, 5.41) is 11.2. The zero-order chi connectivity index (χ0) is 8.27. The van der Waals surface area contributed by atoms with Crippen LogP contribution in [0.2, 0.25) is 5.02 Å². The first kappa shape index (κ1) is 9.00. The average Bonchev–Trinajstić information content (AvgIpc) is 2.36. The predicted molar refractivity (Wildman–Crippen MR) is 48.0 cm³/mol. The van der Waals surface area contributed by atoms with E-state index in [9.17, 15) is 0 Å². The van der Waals surface area contributed by atoms with E-state index >= 15 is 0 Å². The lowest BCUT2D eigenvalue weighted by Gasteiger charge is -2.05. The lowest BCUT2D eigenvalue weighted by Crippen LogP contribution is -2.09. The minimum absolute atomic E-state index is 0.0718. The molecule has 2 nitrogen and oxygen atoms in total. The molecule has 0 amide bonds. The van der Waals surface area contributed by atoms with E-state index < -0.39 is 0 Å². The maximum atomic E-state index is 8.60. The lowest BCUT2D eigenvalue weighted by molar-refractivity contribution is 0.277. The highest BCUT2D eigenvalue weighted by atomic mass is 35.5. The summed E-state index contributed by atoms with van der Waals surface area (Å²) in [7, 11) is 0. The molecule has 0 saturated carbocycles. The zero-order valence-corrected chi connectivity index (χ0v) is 7.53. The van der Waals surface area contributed by atoms with Gasteiger partial charge in [-0.2, -0.15) is 0 Å². The predicted octanol–water partition coefficient (Wildman–Crippen LogP) is 1.78. The number of halogens is 1. The summed E-state index contributed by atoms with van der Waals surface area (Å²) in [4.78, 5) is 1.03. The number of aliphatic hydroxyl groups is 1. The molecular weight excluding hydrogens is 182 g/mol. The number of nitrogens with two attached hydrogens (primary N) is 1. The minimum atomic E-state index is -0.0718. The first-order chi connectivity index (χ1) is 5.24. The van der Waals surface area contributed by atoms with Gasteiger partial charge >= 0.3 is 0 Å². The summed E-state index contributed by atoms with van der Waals surface area (Å²) < 4.78 is 0. The van der Waals surface area contributed by atoms with Crippen molar-refractivity contribution < 1.29 is 5.11 Å². The lowest BCUT2D eigenvalue weighted by atomic mass is 10.2. The van der Waals surface area contributed by atoms with Crippen LogP contribution in [0, 0.1) is 0 Å². The smallest absolute Gasteiger partial charge is 0.0516 e. The molecular formula is C7H10ClNOS. The Hall–Kier alpha value is -0.0900. The molecule has 0 aromatic carbocycles. The van der Waals surface area contributed by atoms with Crippen LogP contribution >= 0.6 is 22.9 Å². The van der Waals surface area contributed by atoms with Crippen LogP contribution in [0.3, 0.4) is 0 Å². The normalized spacial score (nSPS) is 13.4. The third-order valence-corrected chi connectivity index (χ3v) is 2.81. The summed E-state index contributed by atoms with van der Waals surface area (Å²) >= 11 is 7.23. The Balaban J connectivity index is 2.60. The molecule has 1 heterocycles. The van der Waals surface area contributed by atoms with Gasteiger partial charge in [0.25, 0.3) is 0 Å². The fraction of sp³-hybridized carbons (Fsp3) is 0.429. The van der Waals surface area contributed by atoms with E-state index in [-0.39, 0.29) is 12.6 Å². The molecule has 0 fully saturated rings. The van der Waals surface area contributed by atoms with Gasteiger partial charge in [-0.3, -0.25) is 0 Å². The molecule has 3 N–H and O–H groups in total. The molecule has 0 spiro atoms. The summed E-state index contributed by atoms with van der Waals surface area (Å²) in [5.41, 5.74) is 5.71. The van der Waals surface area contributed by atoms with E-state index in [1.54, 1.807) is 0 Å². The standard InChI is InChI=1S/C7H10ClNOS/c8-5-3-7(11-4-5)6(9)1-2-10/h3-4,6,10H,1-2,9H2. The highest BCUT2D eigenvalue weighted by Crippen LogP contribution is 2.25. The summed E-state index contributed by atoms with van der Waals surface area (Å²) in [6.07, 6.45) is 0.594. The molecule has 1 rings (SSSR count). The summed E-state index contributed by atoms with van der Waals surface area (Å²) in [6, 6.07) is 1.77. The van der Waals surface area contributed by atoms with Crippen molar-refractivity contribution in [2.75, 3.05) is 6.61 Å². The SMILES string of the molecule is NC(CCO)c1cc(Cl)cs1. The van der Waals surface area contributed by atoms with E-state index in [0.29, 0.717) is 6.42 Å². The van der Waals surface area contributed by atoms with Crippen LogP contribution in [-0.2, 0) is 0 Å². The Kier molecular flexibility index (Phi) is 3.33. The maximum absolute atomic E-state index is 8.60. The van der Waals surface area contributed by atoms with Crippen molar-refractivity contribution in [3.63, 3.8) is 0 Å². The molecule has 0 saturated heterocycles. The van der Waals surface area contributed by atoms with Gasteiger partial charge in [-0.1, -0.05) is 11.6 Å². The molecule has 0 aliphatic rings. The Bertz CT molecular complexity index is 226. The van der Waals surface area contributed by atoms with E-state index in [0.717, 1.165) is 9.90 Å². The van der Waals surface area contributed by atoms with Crippen LogP contribution in [0.5, 0.6) is 0 Å². The third-order valence-electron chi connectivity index (χ3n) is 1.39. The van der Waals surface area contributed by atoms with Crippen LogP contribution < -0.4 is 5.73 Å². The van der Waals surface area contributed by atoms with E-state index in [1.807, 2.05) is 11.4 Å². The van der Waals surface area contributed by atoms with Crippen molar-refractivity contribution in [1.29, 1.82) is 0 Å². The molecule has 0 aliphatic heterocycles. The van der Waals surface area contributed by atoms with Crippen LogP contribution in [0.15, 0.2) is 11.4 Å². The number of hydrogen-bond donors (Lipinski definition) is 2. The summed E-state index contributed by atoms with van der Waals surface area (Å²) in [6.45, 7) is 0.122. The van der Waals surface area contributed by atoms with Crippen molar-refractivity contribution in [1.82, 2.24) is 0 Å². The molecule has 1 aromatic rings. The van der Waals surface area contributed by atoms with Gasteiger partial charge in [0.15, 0.2) is 0 Å². The van der Waals surface area contributed by atoms with Gasteiger partial charge in [0.2, 0.25) is 0 Å². The fourth-order valence-corrected chi connectivity index (χ4v) is 1.92. The zero-order valence-electron chi connectivity index (χ0n) is 5.96. The molecule has 1 atom stereocenters. The molecule has 62 valence electrons. The molecule has 4 heteroatoms. The molecule has 0 bridgehead atoms. The second kappa shape index (κ2) is 4.07. The Labute approximate surface area is 74.6 Å². The van der Waals surface area contributed by atoms with Gasteiger partial charge in [-0.25, -0.2) is 0 Å². The van der Waals surface area contributed by atoms with Gasteiger partial charge in [0.1, 0.15) is 0 Å². The van der Waals surface area contributed by atoms with Gasteiger partial charge in [-0.05, 0) is 12.5 Å². The minimum Gasteiger partial charge on any atom is -0.396 e. The summed E-state index contributed by atoms with van der Waals surface area (Å²) in [5.74, 6) is 0. The van der Waals surface area contributed by atoms with Crippen molar-refractivity contribution in [2.24, 2.45) is 5.73 Å². The maximum Gasteiger partial charge on any atom is 0.0516 e. The largest absolute Gasteiger partial charge is 0.396 e. The second-order valence-electron chi connectivity index (χ2n) is 2.29. The molecule has 0 aliphatic carbocycles. The van der Waals surface area contributed by atoms with Crippen LogP contribution in [-0.4, -0.2) is 11.7 Å². The van der Waals surface area contributed by atoms with Gasteiger partial charge in [0, 0.05) is 22.9 Å². The average molecular weight is 192 g/mol. The first-order valence-corrected chi connectivity index (χ1v) is 4.60. The Morgan fingerprint density at radius 2 is 2.45 bits per heavy atom. The Morgan fingerprint density at radius 3 is 2.91 bits per heavy atom. The van der Waals surface area contributed by atoms with Crippen molar-refractivity contribution in [3.05, 3.63) is 21.3 Å². The number of hydrogen-bond acceptors (Lipinski definition) is 3. The highest BCUT2D eigenvalue weighted by molar-refractivity contribution is 7.10. The van der Waals surface area contributed by atoms with Gasteiger partial charge in [-0.15, -0.1) is 11.3 Å². The number of rotatable bonds is 3. The van der Waals surface area contributed by atoms with E-state index in [4.69, 9.17) is 22.4 Å². The quantitative estimate of drug-likeness (QED) is 0.765. The topological polar surface area (TPSA) is 46.2 Å². The molecule has 0 radical (unpaired) electrons. The highest BCUT2D eigenvalue weighted by Gasteiger charge is 2.06. The van der Waals surface area contributed by atoms with Crippen LogP contribution in [0.25, 0.3) is 0 Å².